The third-order valence-corrected chi connectivity index (χ3v) is 5.29. The molecule has 2 unspecified atom stereocenters. The number of hydrogen-bond donors (Lipinski definition) is 1. The average Bonchev–Trinajstić information content (AvgIpc) is 2.56. The van der Waals surface area contributed by atoms with E-state index < -0.39 is 0 Å². The van der Waals surface area contributed by atoms with Gasteiger partial charge in [-0.2, -0.15) is 0 Å². The van der Waals surface area contributed by atoms with Gasteiger partial charge in [0.25, 0.3) is 0 Å². The van der Waals surface area contributed by atoms with Crippen molar-refractivity contribution in [1.82, 2.24) is 0 Å². The molecule has 1 heterocycles. The van der Waals surface area contributed by atoms with Gasteiger partial charge in [0, 0.05) is 12.0 Å². The predicted octanol–water partition coefficient (Wildman–Crippen LogP) is 4.27. The number of hydrogen-bond acceptors (Lipinski definition) is 2. The summed E-state index contributed by atoms with van der Waals surface area (Å²) in [5, 5.41) is 0. The molecule has 1 saturated carbocycles. The summed E-state index contributed by atoms with van der Waals surface area (Å²) in [4.78, 5) is 0. The van der Waals surface area contributed by atoms with Crippen LogP contribution in [0.2, 0.25) is 0 Å². The number of rotatable bonds is 4. The van der Waals surface area contributed by atoms with Gasteiger partial charge in [0.2, 0.25) is 0 Å². The minimum absolute atomic E-state index is 0.00335. The lowest BCUT2D eigenvalue weighted by Crippen LogP contribution is -2.41. The molecule has 2 fully saturated rings. The molecule has 1 aliphatic heterocycles. The van der Waals surface area contributed by atoms with Crippen molar-refractivity contribution in [2.45, 2.75) is 96.3 Å². The molecule has 2 heteroatoms. The molecule has 0 aromatic heterocycles. The first-order chi connectivity index (χ1) is 8.80. The zero-order valence-corrected chi connectivity index (χ0v) is 13.4. The van der Waals surface area contributed by atoms with E-state index in [1.165, 1.54) is 44.9 Å². The highest BCUT2D eigenvalue weighted by Gasteiger charge is 2.47. The SMILES string of the molecule is CC1(C)CC(C(N)CCC2CCCCC2)C(C)(C)O1. The maximum absolute atomic E-state index is 6.51. The molecule has 0 aromatic rings. The molecule has 0 spiro atoms. The Kier molecular flexibility index (Phi) is 4.62. The third kappa shape index (κ3) is 3.95. The fourth-order valence-corrected chi connectivity index (χ4v) is 4.38. The zero-order chi connectivity index (χ0) is 14.1. The quantitative estimate of drug-likeness (QED) is 0.825. The van der Waals surface area contributed by atoms with E-state index in [1.54, 1.807) is 0 Å². The van der Waals surface area contributed by atoms with Crippen LogP contribution in [0, 0.1) is 11.8 Å². The highest BCUT2D eigenvalue weighted by atomic mass is 16.5. The topological polar surface area (TPSA) is 35.2 Å². The molecule has 19 heavy (non-hydrogen) atoms. The summed E-state index contributed by atoms with van der Waals surface area (Å²) in [6.07, 6.45) is 10.8. The first-order valence-electron chi connectivity index (χ1n) is 8.26. The van der Waals surface area contributed by atoms with Gasteiger partial charge >= 0.3 is 0 Å². The summed E-state index contributed by atoms with van der Waals surface area (Å²) in [6.45, 7) is 8.82. The molecule has 0 amide bonds. The van der Waals surface area contributed by atoms with Crippen LogP contribution in [-0.2, 0) is 4.74 Å². The van der Waals surface area contributed by atoms with Crippen LogP contribution in [0.25, 0.3) is 0 Å². The van der Waals surface area contributed by atoms with Crippen LogP contribution >= 0.6 is 0 Å². The molecule has 0 bridgehead atoms. The van der Waals surface area contributed by atoms with Gasteiger partial charge in [-0.1, -0.05) is 32.1 Å². The van der Waals surface area contributed by atoms with E-state index in [-0.39, 0.29) is 11.2 Å². The normalized spacial score (nSPS) is 32.4. The van der Waals surface area contributed by atoms with Crippen LogP contribution < -0.4 is 5.73 Å². The molecule has 2 N–H and O–H groups in total. The third-order valence-electron chi connectivity index (χ3n) is 5.29. The molecule has 2 nitrogen and oxygen atoms in total. The highest BCUT2D eigenvalue weighted by Crippen LogP contribution is 2.44. The van der Waals surface area contributed by atoms with Gasteiger partial charge in [0.1, 0.15) is 0 Å². The second-order valence-corrected chi connectivity index (χ2v) is 8.02. The van der Waals surface area contributed by atoms with E-state index in [9.17, 15) is 0 Å². The van der Waals surface area contributed by atoms with Gasteiger partial charge in [-0.25, -0.2) is 0 Å². The average molecular weight is 267 g/mol. The van der Waals surface area contributed by atoms with E-state index in [0.29, 0.717) is 12.0 Å². The van der Waals surface area contributed by atoms with Crippen molar-refractivity contribution >= 4 is 0 Å². The van der Waals surface area contributed by atoms with E-state index in [4.69, 9.17) is 10.5 Å². The lowest BCUT2D eigenvalue weighted by molar-refractivity contribution is -0.0769. The van der Waals surface area contributed by atoms with Gasteiger partial charge in [-0.3, -0.25) is 0 Å². The molecule has 0 aromatic carbocycles. The van der Waals surface area contributed by atoms with Gasteiger partial charge in [-0.05, 0) is 52.9 Å². The van der Waals surface area contributed by atoms with Crippen LogP contribution in [0.4, 0.5) is 0 Å². The van der Waals surface area contributed by atoms with E-state index in [1.807, 2.05) is 0 Å². The smallest absolute Gasteiger partial charge is 0.0677 e. The second-order valence-electron chi connectivity index (χ2n) is 8.02. The zero-order valence-electron chi connectivity index (χ0n) is 13.4. The number of ether oxygens (including phenoxy) is 1. The Morgan fingerprint density at radius 1 is 1.11 bits per heavy atom. The Labute approximate surface area is 119 Å². The van der Waals surface area contributed by atoms with Crippen LogP contribution in [0.3, 0.4) is 0 Å². The molecule has 112 valence electrons. The van der Waals surface area contributed by atoms with Crippen molar-refractivity contribution in [3.63, 3.8) is 0 Å². The lowest BCUT2D eigenvalue weighted by Gasteiger charge is -2.32. The van der Waals surface area contributed by atoms with Crippen molar-refractivity contribution < 1.29 is 4.74 Å². The molecule has 2 rings (SSSR count). The van der Waals surface area contributed by atoms with E-state index >= 15 is 0 Å². The van der Waals surface area contributed by atoms with Gasteiger partial charge < -0.3 is 10.5 Å². The van der Waals surface area contributed by atoms with Crippen LogP contribution in [0.15, 0.2) is 0 Å². The van der Waals surface area contributed by atoms with Gasteiger partial charge in [0.05, 0.1) is 11.2 Å². The Bertz CT molecular complexity index is 292. The summed E-state index contributed by atoms with van der Waals surface area (Å²) in [6, 6.07) is 0.304. The monoisotopic (exact) mass is 267 g/mol. The summed E-state index contributed by atoms with van der Waals surface area (Å²) < 4.78 is 6.18. The van der Waals surface area contributed by atoms with Crippen molar-refractivity contribution in [2.24, 2.45) is 17.6 Å². The maximum Gasteiger partial charge on any atom is 0.0677 e. The fourth-order valence-electron chi connectivity index (χ4n) is 4.38. The predicted molar refractivity (Wildman–Crippen MR) is 81.1 cm³/mol. The molecule has 2 atom stereocenters. The summed E-state index contributed by atoms with van der Waals surface area (Å²) >= 11 is 0. The minimum atomic E-state index is -0.0600. The molecular formula is C17H33NO. The largest absolute Gasteiger partial charge is 0.369 e. The van der Waals surface area contributed by atoms with E-state index in [2.05, 4.69) is 27.7 Å². The van der Waals surface area contributed by atoms with Gasteiger partial charge in [0.15, 0.2) is 0 Å². The Morgan fingerprint density at radius 3 is 2.26 bits per heavy atom. The summed E-state index contributed by atoms with van der Waals surface area (Å²) in [7, 11) is 0. The van der Waals surface area contributed by atoms with Crippen molar-refractivity contribution in [1.29, 1.82) is 0 Å². The fraction of sp³-hybridized carbons (Fsp3) is 1.00. The van der Waals surface area contributed by atoms with Crippen LogP contribution in [0.1, 0.15) is 79.1 Å². The van der Waals surface area contributed by atoms with Crippen molar-refractivity contribution in [3.05, 3.63) is 0 Å². The van der Waals surface area contributed by atoms with Crippen molar-refractivity contribution in [3.8, 4) is 0 Å². The van der Waals surface area contributed by atoms with Crippen LogP contribution in [0.5, 0.6) is 0 Å². The van der Waals surface area contributed by atoms with Crippen LogP contribution in [-0.4, -0.2) is 17.2 Å². The number of nitrogens with two attached hydrogens (primary N) is 1. The minimum Gasteiger partial charge on any atom is -0.369 e. The van der Waals surface area contributed by atoms with Gasteiger partial charge in [-0.15, -0.1) is 0 Å². The molecular weight excluding hydrogens is 234 g/mol. The molecule has 1 saturated heterocycles. The second kappa shape index (κ2) is 5.73. The first-order valence-corrected chi connectivity index (χ1v) is 8.26. The lowest BCUT2D eigenvalue weighted by atomic mass is 9.78. The summed E-state index contributed by atoms with van der Waals surface area (Å²) in [5.41, 5.74) is 6.45. The Balaban J connectivity index is 1.83. The molecule has 2 aliphatic rings. The first kappa shape index (κ1) is 15.3. The Hall–Kier alpha value is -0.0800. The highest BCUT2D eigenvalue weighted by molar-refractivity contribution is 4.98. The van der Waals surface area contributed by atoms with Crippen molar-refractivity contribution in [2.75, 3.05) is 0 Å². The molecule has 0 radical (unpaired) electrons. The molecule has 1 aliphatic carbocycles. The maximum atomic E-state index is 6.51. The van der Waals surface area contributed by atoms with E-state index in [0.717, 1.165) is 12.3 Å². The Morgan fingerprint density at radius 2 is 1.74 bits per heavy atom. The standard InChI is InChI=1S/C17H33NO/c1-16(2)12-14(17(3,4)19-16)15(18)11-10-13-8-6-5-7-9-13/h13-15H,5-12,18H2,1-4H3. The summed E-state index contributed by atoms with van der Waals surface area (Å²) in [5.74, 6) is 1.45.